The number of rotatable bonds is 55. The highest BCUT2D eigenvalue weighted by atomic mass is 16.6. The molecule has 0 aromatic rings. The molecule has 6 nitrogen and oxygen atoms in total. The number of carbonyl (C=O) groups excluding carboxylic acids is 3. The van der Waals surface area contributed by atoms with Gasteiger partial charge in [-0.2, -0.15) is 0 Å². The Kier molecular flexibility index (Phi) is 58.3. The highest BCUT2D eigenvalue weighted by Crippen LogP contribution is 2.15. The van der Waals surface area contributed by atoms with Crippen molar-refractivity contribution in [3.8, 4) is 0 Å². The number of unbranched alkanes of at least 4 members (excludes halogenated alkanes) is 27. The molecule has 0 aliphatic carbocycles. The summed E-state index contributed by atoms with van der Waals surface area (Å²) in [6, 6.07) is 0. The Labute approximate surface area is 457 Å². The van der Waals surface area contributed by atoms with E-state index in [1.165, 1.54) is 148 Å². The van der Waals surface area contributed by atoms with Crippen molar-refractivity contribution in [1.29, 1.82) is 0 Å². The summed E-state index contributed by atoms with van der Waals surface area (Å²) < 4.78 is 16.7. The number of carbonyl (C=O) groups is 3. The van der Waals surface area contributed by atoms with Gasteiger partial charge < -0.3 is 14.2 Å². The summed E-state index contributed by atoms with van der Waals surface area (Å²) in [4.78, 5) is 38.1. The maximum absolute atomic E-state index is 12.8. The molecule has 0 N–H and O–H groups in total. The van der Waals surface area contributed by atoms with E-state index in [9.17, 15) is 14.4 Å². The third kappa shape index (κ3) is 59.0. The van der Waals surface area contributed by atoms with Gasteiger partial charge in [0.15, 0.2) is 6.10 Å². The zero-order chi connectivity index (χ0) is 53.6. The molecule has 0 saturated heterocycles. The van der Waals surface area contributed by atoms with Gasteiger partial charge in [0.05, 0.1) is 6.42 Å². The second kappa shape index (κ2) is 61.6. The van der Waals surface area contributed by atoms with Crippen molar-refractivity contribution in [2.45, 2.75) is 290 Å². The van der Waals surface area contributed by atoms with Gasteiger partial charge in [-0.05, 0) is 109 Å². The van der Waals surface area contributed by atoms with Gasteiger partial charge in [0, 0.05) is 12.8 Å². The topological polar surface area (TPSA) is 78.9 Å². The first-order valence-electron chi connectivity index (χ1n) is 30.9. The van der Waals surface area contributed by atoms with Crippen LogP contribution in [0.25, 0.3) is 0 Å². The Bertz CT molecular complexity index is 1510. The summed E-state index contributed by atoms with van der Waals surface area (Å²) in [5.41, 5.74) is 0. The molecule has 74 heavy (non-hydrogen) atoms. The molecule has 0 spiro atoms. The molecule has 0 bridgehead atoms. The highest BCUT2D eigenvalue weighted by Gasteiger charge is 2.19. The third-order valence-electron chi connectivity index (χ3n) is 13.0. The molecule has 0 amide bonds. The molecule has 0 radical (unpaired) electrons. The van der Waals surface area contributed by atoms with Crippen molar-refractivity contribution < 1.29 is 28.6 Å². The first kappa shape index (κ1) is 70.1. The van der Waals surface area contributed by atoms with E-state index in [2.05, 4.69) is 118 Å². The minimum atomic E-state index is -0.837. The second-order valence-electron chi connectivity index (χ2n) is 20.2. The van der Waals surface area contributed by atoms with Gasteiger partial charge in [-0.25, -0.2) is 0 Å². The molecule has 6 heteroatoms. The fourth-order valence-corrected chi connectivity index (χ4v) is 8.40. The van der Waals surface area contributed by atoms with Crippen LogP contribution in [0.3, 0.4) is 0 Å². The summed E-state index contributed by atoms with van der Waals surface area (Å²) in [6.45, 7) is 6.40. The van der Waals surface area contributed by atoms with Crippen molar-refractivity contribution in [2.75, 3.05) is 13.2 Å². The zero-order valence-corrected chi connectivity index (χ0v) is 48.3. The van der Waals surface area contributed by atoms with Crippen LogP contribution in [0.15, 0.2) is 109 Å². The summed E-state index contributed by atoms with van der Waals surface area (Å²) >= 11 is 0. The van der Waals surface area contributed by atoms with Crippen LogP contribution in [0, 0.1) is 0 Å². The Hall–Kier alpha value is -3.93. The molecule has 0 aromatic heterocycles. The van der Waals surface area contributed by atoms with Crippen LogP contribution in [-0.4, -0.2) is 37.2 Å². The van der Waals surface area contributed by atoms with Crippen LogP contribution in [0.2, 0.25) is 0 Å². The fourth-order valence-electron chi connectivity index (χ4n) is 8.40. The van der Waals surface area contributed by atoms with Crippen molar-refractivity contribution in [1.82, 2.24) is 0 Å². The molecule has 0 aliphatic rings. The van der Waals surface area contributed by atoms with Crippen LogP contribution in [0.4, 0.5) is 0 Å². The van der Waals surface area contributed by atoms with E-state index in [0.29, 0.717) is 12.8 Å². The molecule has 1 unspecified atom stereocenters. The van der Waals surface area contributed by atoms with E-state index < -0.39 is 12.1 Å². The first-order valence-corrected chi connectivity index (χ1v) is 30.9. The number of ether oxygens (including phenoxy) is 3. The molecule has 0 saturated carbocycles. The summed E-state index contributed by atoms with van der Waals surface area (Å²) in [5, 5.41) is 0. The largest absolute Gasteiger partial charge is 0.462 e. The number of hydrogen-bond acceptors (Lipinski definition) is 6. The fraction of sp³-hybridized carbons (Fsp3) is 0.691. The molecule has 0 rings (SSSR count). The summed E-state index contributed by atoms with van der Waals surface area (Å²) in [5.74, 6) is -1.06. The van der Waals surface area contributed by atoms with Gasteiger partial charge in [0.1, 0.15) is 13.2 Å². The Morgan fingerprint density at radius 2 is 0.568 bits per heavy atom. The van der Waals surface area contributed by atoms with Gasteiger partial charge in [0.2, 0.25) is 0 Å². The molecular weight excluding hydrogens is 913 g/mol. The average molecular weight is 1030 g/mol. The molecule has 1 atom stereocenters. The molecule has 0 fully saturated rings. The Balaban J connectivity index is 4.29. The van der Waals surface area contributed by atoms with Crippen LogP contribution in [0.5, 0.6) is 0 Å². The monoisotopic (exact) mass is 1030 g/mol. The third-order valence-corrected chi connectivity index (χ3v) is 13.0. The zero-order valence-electron chi connectivity index (χ0n) is 48.3. The molecule has 422 valence electrons. The van der Waals surface area contributed by atoms with Gasteiger partial charge >= 0.3 is 17.9 Å². The molecule has 0 aromatic carbocycles. The summed E-state index contributed by atoms with van der Waals surface area (Å²) in [7, 11) is 0. The van der Waals surface area contributed by atoms with Gasteiger partial charge in [-0.1, -0.05) is 265 Å². The van der Waals surface area contributed by atoms with E-state index in [4.69, 9.17) is 14.2 Å². The number of allylic oxidation sites excluding steroid dienone is 17. The highest BCUT2D eigenvalue weighted by molar-refractivity contribution is 5.72. The van der Waals surface area contributed by atoms with Crippen LogP contribution in [-0.2, 0) is 28.6 Å². The predicted octanol–water partition coefficient (Wildman–Crippen LogP) is 21.0. The molecule has 0 aliphatic heterocycles. The van der Waals surface area contributed by atoms with Crippen molar-refractivity contribution in [3.05, 3.63) is 109 Å². The van der Waals surface area contributed by atoms with Crippen LogP contribution >= 0.6 is 0 Å². The standard InChI is InChI=1S/C68H114O6/c1-4-7-10-13-16-19-22-25-27-28-29-30-31-32-33-34-35-36-37-38-39-40-42-43-46-49-52-55-58-61-67(70)73-64-65(63-72-66(69)60-57-54-51-48-45-24-21-18-15-12-9-6-3)74-68(71)62-59-56-53-50-47-44-41-26-23-20-17-14-11-8-5-2/h8,11,17-18,20-22,25-26,28-29,31-32,41,47,50,56,59,65H,4-7,9-10,12-16,19,23-24,27,30,33-40,42-46,48-49,51-55,57-58,60-64H2,1-3H3/b11-8-,20-17-,21-18-,25-22-,29-28-,32-31-,41-26-,50-47-,59-56-. The molecular formula is C68H114O6. The average Bonchev–Trinajstić information content (AvgIpc) is 3.40. The maximum atomic E-state index is 12.8. The SMILES string of the molecule is CC/C=C\C/C=C\C/C=C\C/C=C\C/C=C\CC(=O)OC(COC(=O)CCCCCCC/C=C\CCCCC)COC(=O)CCCCCCCCCCCCCCCC/C=C\C/C=C\C/C=C\CCCCCCC. The predicted molar refractivity (Wildman–Crippen MR) is 320 cm³/mol. The second-order valence-corrected chi connectivity index (χ2v) is 20.2. The lowest BCUT2D eigenvalue weighted by molar-refractivity contribution is -0.166. The normalized spacial score (nSPS) is 12.9. The van der Waals surface area contributed by atoms with E-state index in [1.54, 1.807) is 6.08 Å². The van der Waals surface area contributed by atoms with Crippen molar-refractivity contribution in [3.63, 3.8) is 0 Å². The van der Waals surface area contributed by atoms with E-state index >= 15 is 0 Å². The minimum absolute atomic E-state index is 0.0934. The number of hydrogen-bond donors (Lipinski definition) is 0. The lowest BCUT2D eigenvalue weighted by Crippen LogP contribution is -2.30. The number of esters is 3. The smallest absolute Gasteiger partial charge is 0.310 e. The maximum Gasteiger partial charge on any atom is 0.310 e. The Morgan fingerprint density at radius 3 is 0.932 bits per heavy atom. The molecule has 0 heterocycles. The van der Waals surface area contributed by atoms with Crippen molar-refractivity contribution >= 4 is 17.9 Å². The van der Waals surface area contributed by atoms with E-state index in [0.717, 1.165) is 96.3 Å². The minimum Gasteiger partial charge on any atom is -0.462 e. The van der Waals surface area contributed by atoms with E-state index in [1.807, 2.05) is 6.08 Å². The summed E-state index contributed by atoms with van der Waals surface area (Å²) in [6.07, 6.45) is 84.2. The lowest BCUT2D eigenvalue weighted by atomic mass is 10.0. The lowest BCUT2D eigenvalue weighted by Gasteiger charge is -2.18. The quantitative estimate of drug-likeness (QED) is 0.0261. The van der Waals surface area contributed by atoms with Crippen LogP contribution < -0.4 is 0 Å². The van der Waals surface area contributed by atoms with Crippen LogP contribution in [0.1, 0.15) is 284 Å². The van der Waals surface area contributed by atoms with Gasteiger partial charge in [-0.3, -0.25) is 14.4 Å². The van der Waals surface area contributed by atoms with Gasteiger partial charge in [0.25, 0.3) is 0 Å². The van der Waals surface area contributed by atoms with E-state index in [-0.39, 0.29) is 31.6 Å². The van der Waals surface area contributed by atoms with Gasteiger partial charge in [-0.15, -0.1) is 0 Å². The first-order chi connectivity index (χ1) is 36.5. The van der Waals surface area contributed by atoms with Crippen molar-refractivity contribution in [2.24, 2.45) is 0 Å². The Morgan fingerprint density at radius 1 is 0.297 bits per heavy atom.